The quantitative estimate of drug-likeness (QED) is 0.769. The molecule has 0 saturated carbocycles. The average molecular weight is 335 g/mol. The Labute approximate surface area is 146 Å². The number of rotatable bonds is 4. The minimum Gasteiger partial charge on any atom is -0.372 e. The number of ether oxygens (including phenoxy) is 1. The van der Waals surface area contributed by atoms with Crippen LogP contribution in [0, 0.1) is 0 Å². The van der Waals surface area contributed by atoms with E-state index in [0.717, 1.165) is 22.4 Å². The molecule has 3 aromatic rings. The average Bonchev–Trinajstić information content (AvgIpc) is 3.20. The molecule has 2 heterocycles. The smallest absolute Gasteiger partial charge is 0.225 e. The van der Waals surface area contributed by atoms with Crippen LogP contribution in [0.15, 0.2) is 42.5 Å². The van der Waals surface area contributed by atoms with E-state index in [0.29, 0.717) is 19.6 Å². The molecule has 0 fully saturated rings. The molecule has 0 saturated heterocycles. The summed E-state index contributed by atoms with van der Waals surface area (Å²) in [5.41, 5.74) is 4.70. The van der Waals surface area contributed by atoms with E-state index in [9.17, 15) is 4.79 Å². The minimum absolute atomic E-state index is 0.0238. The lowest BCUT2D eigenvalue weighted by atomic mass is 10.0. The SMILES string of the molecule is CC(C)(NC(=O)Cc1ccc2c(c1)COC2)c1nc2ccccc2[nH]1. The first-order chi connectivity index (χ1) is 12.0. The van der Waals surface area contributed by atoms with E-state index in [1.165, 1.54) is 11.1 Å². The largest absolute Gasteiger partial charge is 0.372 e. The number of carbonyl (C=O) groups excluding carboxylic acids is 1. The fraction of sp³-hybridized carbons (Fsp3) is 0.300. The molecule has 1 amide bonds. The number of benzene rings is 2. The van der Waals surface area contributed by atoms with Crippen molar-refractivity contribution >= 4 is 16.9 Å². The summed E-state index contributed by atoms with van der Waals surface area (Å²) in [4.78, 5) is 20.4. The van der Waals surface area contributed by atoms with Gasteiger partial charge in [-0.3, -0.25) is 4.79 Å². The maximum atomic E-state index is 12.5. The molecule has 128 valence electrons. The van der Waals surface area contributed by atoms with E-state index in [1.54, 1.807) is 0 Å². The van der Waals surface area contributed by atoms with Crippen molar-refractivity contribution < 1.29 is 9.53 Å². The number of fused-ring (bicyclic) bond motifs is 2. The number of aromatic amines is 1. The van der Waals surface area contributed by atoms with E-state index < -0.39 is 5.54 Å². The van der Waals surface area contributed by atoms with Crippen LogP contribution in [0.2, 0.25) is 0 Å². The molecule has 0 bridgehead atoms. The summed E-state index contributed by atoms with van der Waals surface area (Å²) >= 11 is 0. The molecule has 0 aliphatic carbocycles. The van der Waals surface area contributed by atoms with Crippen LogP contribution in [0.3, 0.4) is 0 Å². The number of nitrogens with one attached hydrogen (secondary N) is 2. The van der Waals surface area contributed by atoms with E-state index in [1.807, 2.05) is 44.2 Å². The van der Waals surface area contributed by atoms with E-state index in [2.05, 4.69) is 27.4 Å². The molecule has 0 unspecified atom stereocenters. The zero-order chi connectivity index (χ0) is 17.4. The van der Waals surface area contributed by atoms with Crippen molar-refractivity contribution in [2.45, 2.75) is 39.0 Å². The molecule has 1 aromatic heterocycles. The van der Waals surface area contributed by atoms with Gasteiger partial charge in [-0.2, -0.15) is 0 Å². The van der Waals surface area contributed by atoms with Crippen molar-refractivity contribution in [2.24, 2.45) is 0 Å². The van der Waals surface area contributed by atoms with Crippen LogP contribution in [0.5, 0.6) is 0 Å². The lowest BCUT2D eigenvalue weighted by molar-refractivity contribution is -0.122. The van der Waals surface area contributed by atoms with Gasteiger partial charge in [0.1, 0.15) is 5.82 Å². The van der Waals surface area contributed by atoms with Gasteiger partial charge in [-0.05, 0) is 42.7 Å². The van der Waals surface area contributed by atoms with E-state index in [4.69, 9.17) is 4.74 Å². The summed E-state index contributed by atoms with van der Waals surface area (Å²) in [7, 11) is 0. The Morgan fingerprint density at radius 1 is 1.20 bits per heavy atom. The second-order valence-corrected chi connectivity index (χ2v) is 7.05. The number of aromatic nitrogens is 2. The van der Waals surface area contributed by atoms with Crippen molar-refractivity contribution in [3.8, 4) is 0 Å². The number of hydrogen-bond acceptors (Lipinski definition) is 3. The Morgan fingerprint density at radius 2 is 2.00 bits per heavy atom. The van der Waals surface area contributed by atoms with Gasteiger partial charge in [-0.25, -0.2) is 4.98 Å². The molecule has 0 radical (unpaired) electrons. The van der Waals surface area contributed by atoms with Gasteiger partial charge < -0.3 is 15.0 Å². The number of H-pyrrole nitrogens is 1. The van der Waals surface area contributed by atoms with Crippen LogP contribution >= 0.6 is 0 Å². The van der Waals surface area contributed by atoms with Crippen LogP contribution < -0.4 is 5.32 Å². The Kier molecular flexibility index (Phi) is 3.81. The molecule has 2 N–H and O–H groups in total. The Morgan fingerprint density at radius 3 is 2.84 bits per heavy atom. The fourth-order valence-corrected chi connectivity index (χ4v) is 3.22. The third kappa shape index (κ3) is 3.15. The van der Waals surface area contributed by atoms with Gasteiger partial charge in [0.05, 0.1) is 36.2 Å². The Hall–Kier alpha value is -2.66. The van der Waals surface area contributed by atoms with Gasteiger partial charge in [-0.15, -0.1) is 0 Å². The van der Waals surface area contributed by atoms with Gasteiger partial charge in [0.2, 0.25) is 5.91 Å². The molecule has 0 atom stereocenters. The van der Waals surface area contributed by atoms with Crippen LogP contribution in [0.1, 0.15) is 36.4 Å². The number of carbonyl (C=O) groups is 1. The molecular formula is C20H21N3O2. The van der Waals surface area contributed by atoms with E-state index >= 15 is 0 Å². The summed E-state index contributed by atoms with van der Waals surface area (Å²) < 4.78 is 5.43. The maximum absolute atomic E-state index is 12.5. The summed E-state index contributed by atoms with van der Waals surface area (Å²) in [6.45, 7) is 5.22. The number of para-hydroxylation sites is 2. The van der Waals surface area contributed by atoms with Crippen molar-refractivity contribution in [3.63, 3.8) is 0 Å². The predicted molar refractivity (Wildman–Crippen MR) is 95.9 cm³/mol. The zero-order valence-corrected chi connectivity index (χ0v) is 14.4. The number of nitrogens with zero attached hydrogens (tertiary/aromatic N) is 1. The van der Waals surface area contributed by atoms with Gasteiger partial charge >= 0.3 is 0 Å². The normalized spacial score (nSPS) is 13.8. The van der Waals surface area contributed by atoms with Gasteiger partial charge in [0.25, 0.3) is 0 Å². The van der Waals surface area contributed by atoms with Crippen LogP contribution in [0.25, 0.3) is 11.0 Å². The van der Waals surface area contributed by atoms with E-state index in [-0.39, 0.29) is 5.91 Å². The zero-order valence-electron chi connectivity index (χ0n) is 14.4. The van der Waals surface area contributed by atoms with Crippen LogP contribution in [-0.4, -0.2) is 15.9 Å². The number of imidazole rings is 1. The van der Waals surface area contributed by atoms with Crippen molar-refractivity contribution in [2.75, 3.05) is 0 Å². The van der Waals surface area contributed by atoms with Crippen molar-refractivity contribution in [3.05, 3.63) is 65.0 Å². The third-order valence-electron chi connectivity index (χ3n) is 4.58. The van der Waals surface area contributed by atoms with Gasteiger partial charge in [-0.1, -0.05) is 30.3 Å². The molecular weight excluding hydrogens is 314 g/mol. The molecule has 0 spiro atoms. The first-order valence-electron chi connectivity index (χ1n) is 8.46. The lowest BCUT2D eigenvalue weighted by Crippen LogP contribution is -2.42. The predicted octanol–water partition coefficient (Wildman–Crippen LogP) is 3.19. The third-order valence-corrected chi connectivity index (χ3v) is 4.58. The molecule has 2 aromatic carbocycles. The van der Waals surface area contributed by atoms with Crippen molar-refractivity contribution in [1.82, 2.24) is 15.3 Å². The summed E-state index contributed by atoms with van der Waals surface area (Å²) in [6.07, 6.45) is 0.344. The molecule has 5 heteroatoms. The second kappa shape index (κ2) is 6.01. The van der Waals surface area contributed by atoms with Crippen LogP contribution in [0.4, 0.5) is 0 Å². The van der Waals surface area contributed by atoms with Gasteiger partial charge in [0.15, 0.2) is 0 Å². The maximum Gasteiger partial charge on any atom is 0.225 e. The standard InChI is InChI=1S/C20H21N3O2/c1-20(2,19-21-16-5-3-4-6-17(16)22-19)23-18(24)10-13-7-8-14-11-25-12-15(14)9-13/h3-9H,10-12H2,1-2H3,(H,21,22)(H,23,24). The second-order valence-electron chi connectivity index (χ2n) is 7.05. The highest BCUT2D eigenvalue weighted by Crippen LogP contribution is 2.23. The monoisotopic (exact) mass is 335 g/mol. The molecule has 1 aliphatic heterocycles. The summed E-state index contributed by atoms with van der Waals surface area (Å²) in [6, 6.07) is 14.0. The molecule has 5 nitrogen and oxygen atoms in total. The number of amides is 1. The molecule has 1 aliphatic rings. The lowest BCUT2D eigenvalue weighted by Gasteiger charge is -2.24. The molecule has 25 heavy (non-hydrogen) atoms. The Balaban J connectivity index is 1.49. The van der Waals surface area contributed by atoms with Gasteiger partial charge in [0, 0.05) is 0 Å². The first-order valence-corrected chi connectivity index (χ1v) is 8.46. The highest BCUT2D eigenvalue weighted by atomic mass is 16.5. The fourth-order valence-electron chi connectivity index (χ4n) is 3.22. The highest BCUT2D eigenvalue weighted by Gasteiger charge is 2.26. The Bertz CT molecular complexity index is 910. The highest BCUT2D eigenvalue weighted by molar-refractivity contribution is 5.80. The topological polar surface area (TPSA) is 67.0 Å². The summed E-state index contributed by atoms with van der Waals surface area (Å²) in [5, 5.41) is 3.09. The molecule has 4 rings (SSSR count). The number of hydrogen-bond donors (Lipinski definition) is 2. The summed E-state index contributed by atoms with van der Waals surface area (Å²) in [5.74, 6) is 0.730. The van der Waals surface area contributed by atoms with Crippen molar-refractivity contribution in [1.29, 1.82) is 0 Å². The van der Waals surface area contributed by atoms with Crippen LogP contribution in [-0.2, 0) is 34.7 Å². The minimum atomic E-state index is -0.573. The first kappa shape index (κ1) is 15.8.